The summed E-state index contributed by atoms with van der Waals surface area (Å²) < 4.78 is 5.78. The molecule has 1 N–H and O–H groups in total. The first-order valence-electron chi connectivity index (χ1n) is 9.84. The number of hydrogen-bond donors (Lipinski definition) is 1. The van der Waals surface area contributed by atoms with E-state index < -0.39 is 0 Å². The number of aromatic nitrogens is 1. The van der Waals surface area contributed by atoms with Crippen LogP contribution in [0.5, 0.6) is 0 Å². The number of anilines is 1. The van der Waals surface area contributed by atoms with Gasteiger partial charge in [0.15, 0.2) is 0 Å². The van der Waals surface area contributed by atoms with Gasteiger partial charge in [0.2, 0.25) is 0 Å². The number of aryl methyl sites for hydroxylation is 2. The van der Waals surface area contributed by atoms with Gasteiger partial charge in [0.25, 0.3) is 5.91 Å². The predicted octanol–water partition coefficient (Wildman–Crippen LogP) is 3.11. The average Bonchev–Trinajstić information content (AvgIpc) is 3.13. The summed E-state index contributed by atoms with van der Waals surface area (Å²) in [6, 6.07) is 10.1. The molecule has 0 spiro atoms. The lowest BCUT2D eigenvalue weighted by Gasteiger charge is -2.36. The monoisotopic (exact) mass is 365 g/mol. The molecular formula is C22H27N3O2. The van der Waals surface area contributed by atoms with E-state index in [1.54, 1.807) is 0 Å². The Labute approximate surface area is 160 Å². The van der Waals surface area contributed by atoms with Crippen LogP contribution in [-0.2, 0) is 24.1 Å². The maximum absolute atomic E-state index is 12.5. The van der Waals surface area contributed by atoms with Gasteiger partial charge in [-0.3, -0.25) is 4.79 Å². The lowest BCUT2D eigenvalue weighted by Crippen LogP contribution is -2.45. The van der Waals surface area contributed by atoms with Gasteiger partial charge in [-0.05, 0) is 68.0 Å². The third-order valence-corrected chi connectivity index (χ3v) is 5.37. The first-order chi connectivity index (χ1) is 13.1. The Hall–Kier alpha value is -2.40. The van der Waals surface area contributed by atoms with Gasteiger partial charge >= 0.3 is 0 Å². The molecule has 1 amide bonds. The van der Waals surface area contributed by atoms with Crippen LogP contribution in [0.3, 0.4) is 0 Å². The Morgan fingerprint density at radius 3 is 2.67 bits per heavy atom. The number of morpholine rings is 1. The van der Waals surface area contributed by atoms with E-state index in [0.717, 1.165) is 42.9 Å². The van der Waals surface area contributed by atoms with Crippen molar-refractivity contribution in [1.29, 1.82) is 0 Å². The molecule has 5 heteroatoms. The molecule has 2 atom stereocenters. The van der Waals surface area contributed by atoms with E-state index in [1.807, 2.05) is 30.5 Å². The van der Waals surface area contributed by atoms with Gasteiger partial charge in [0.05, 0.1) is 12.2 Å². The van der Waals surface area contributed by atoms with Crippen molar-refractivity contribution in [1.82, 2.24) is 10.3 Å². The van der Waals surface area contributed by atoms with Gasteiger partial charge in [-0.25, -0.2) is 4.98 Å². The van der Waals surface area contributed by atoms with Crippen LogP contribution in [0.15, 0.2) is 36.5 Å². The first kappa shape index (κ1) is 18.0. The highest BCUT2D eigenvalue weighted by Gasteiger charge is 2.23. The molecule has 2 aliphatic rings. The second kappa shape index (κ2) is 7.69. The number of benzene rings is 1. The van der Waals surface area contributed by atoms with Crippen molar-refractivity contribution < 1.29 is 9.53 Å². The van der Waals surface area contributed by atoms with Crippen LogP contribution in [-0.4, -0.2) is 36.2 Å². The van der Waals surface area contributed by atoms with Crippen molar-refractivity contribution in [2.75, 3.05) is 18.0 Å². The molecule has 27 heavy (non-hydrogen) atoms. The number of fused-ring (bicyclic) bond motifs is 1. The van der Waals surface area contributed by atoms with Crippen molar-refractivity contribution in [3.8, 4) is 0 Å². The van der Waals surface area contributed by atoms with Gasteiger partial charge in [0.1, 0.15) is 5.82 Å². The minimum absolute atomic E-state index is 0.0235. The summed E-state index contributed by atoms with van der Waals surface area (Å²) in [5.41, 5.74) is 4.46. The van der Waals surface area contributed by atoms with E-state index in [2.05, 4.69) is 35.1 Å². The van der Waals surface area contributed by atoms with Crippen molar-refractivity contribution in [2.24, 2.45) is 0 Å². The largest absolute Gasteiger partial charge is 0.372 e. The number of rotatable bonds is 4. The molecule has 0 bridgehead atoms. The van der Waals surface area contributed by atoms with Gasteiger partial charge < -0.3 is 15.0 Å². The number of amides is 1. The number of pyridine rings is 1. The van der Waals surface area contributed by atoms with E-state index in [1.165, 1.54) is 17.5 Å². The summed E-state index contributed by atoms with van der Waals surface area (Å²) in [6.07, 6.45) is 5.68. The smallest absolute Gasteiger partial charge is 0.251 e. The number of hydrogen-bond acceptors (Lipinski definition) is 4. The molecule has 2 aromatic rings. The quantitative estimate of drug-likeness (QED) is 0.905. The summed E-state index contributed by atoms with van der Waals surface area (Å²) in [5, 5.41) is 3.01. The highest BCUT2D eigenvalue weighted by Crippen LogP contribution is 2.23. The standard InChI is InChI=1S/C22H27N3O2/c1-15-13-25(14-16(2)27-15)21-9-6-17(11-23-21)12-24-22(26)20-8-7-18-4-3-5-19(18)10-20/h6-11,15-16H,3-5,12-14H2,1-2H3,(H,24,26)/t15-,16-/m0/s1. The van der Waals surface area contributed by atoms with Gasteiger partial charge in [-0.15, -0.1) is 0 Å². The fourth-order valence-electron chi connectivity index (χ4n) is 4.07. The zero-order valence-electron chi connectivity index (χ0n) is 16.1. The zero-order chi connectivity index (χ0) is 18.8. The minimum Gasteiger partial charge on any atom is -0.372 e. The fraction of sp³-hybridized carbons (Fsp3) is 0.455. The summed E-state index contributed by atoms with van der Waals surface area (Å²) in [4.78, 5) is 19.3. The van der Waals surface area contributed by atoms with E-state index in [-0.39, 0.29) is 18.1 Å². The Bertz CT molecular complexity index is 809. The Balaban J connectivity index is 1.35. The molecule has 1 fully saturated rings. The SMILES string of the molecule is C[C@H]1CN(c2ccc(CNC(=O)c3ccc4c(c3)CCC4)cn2)C[C@H](C)O1. The molecule has 4 rings (SSSR count). The lowest BCUT2D eigenvalue weighted by molar-refractivity contribution is -0.00546. The summed E-state index contributed by atoms with van der Waals surface area (Å²) in [7, 11) is 0. The van der Waals surface area contributed by atoms with Crippen LogP contribution < -0.4 is 10.2 Å². The topological polar surface area (TPSA) is 54.5 Å². The van der Waals surface area contributed by atoms with Crippen LogP contribution in [0.4, 0.5) is 5.82 Å². The zero-order valence-corrected chi connectivity index (χ0v) is 16.1. The van der Waals surface area contributed by atoms with Gasteiger partial charge in [0, 0.05) is 31.4 Å². The molecule has 0 unspecified atom stereocenters. The predicted molar refractivity (Wildman–Crippen MR) is 106 cm³/mol. The van der Waals surface area contributed by atoms with E-state index in [0.29, 0.717) is 6.54 Å². The fourth-order valence-corrected chi connectivity index (χ4v) is 4.07. The second-order valence-electron chi connectivity index (χ2n) is 7.71. The molecule has 5 nitrogen and oxygen atoms in total. The normalized spacial score (nSPS) is 21.8. The Morgan fingerprint density at radius 2 is 1.93 bits per heavy atom. The second-order valence-corrected chi connectivity index (χ2v) is 7.71. The highest BCUT2D eigenvalue weighted by atomic mass is 16.5. The molecule has 2 heterocycles. The van der Waals surface area contributed by atoms with Crippen LogP contribution >= 0.6 is 0 Å². The third-order valence-electron chi connectivity index (χ3n) is 5.37. The molecule has 1 saturated heterocycles. The molecule has 1 aliphatic carbocycles. The molecular weight excluding hydrogens is 338 g/mol. The maximum atomic E-state index is 12.5. The lowest BCUT2D eigenvalue weighted by atomic mass is 10.1. The molecule has 1 aliphatic heterocycles. The number of nitrogens with zero attached hydrogens (tertiary/aromatic N) is 2. The Morgan fingerprint density at radius 1 is 1.15 bits per heavy atom. The van der Waals surface area contributed by atoms with Crippen molar-refractivity contribution in [2.45, 2.75) is 51.9 Å². The van der Waals surface area contributed by atoms with Crippen molar-refractivity contribution >= 4 is 11.7 Å². The van der Waals surface area contributed by atoms with E-state index in [9.17, 15) is 4.79 Å². The minimum atomic E-state index is -0.0235. The maximum Gasteiger partial charge on any atom is 0.251 e. The molecule has 1 aromatic carbocycles. The molecule has 0 radical (unpaired) electrons. The number of carbonyl (C=O) groups is 1. The van der Waals surface area contributed by atoms with Crippen molar-refractivity contribution in [3.05, 3.63) is 58.8 Å². The molecule has 1 aromatic heterocycles. The van der Waals surface area contributed by atoms with E-state index in [4.69, 9.17) is 4.74 Å². The summed E-state index contributed by atoms with van der Waals surface area (Å²) in [6.45, 7) is 6.37. The average molecular weight is 365 g/mol. The van der Waals surface area contributed by atoms with Gasteiger partial charge in [-0.1, -0.05) is 12.1 Å². The van der Waals surface area contributed by atoms with Crippen LogP contribution in [0.2, 0.25) is 0 Å². The van der Waals surface area contributed by atoms with Crippen LogP contribution in [0.1, 0.15) is 47.3 Å². The number of ether oxygens (including phenoxy) is 1. The molecule has 0 saturated carbocycles. The summed E-state index contributed by atoms with van der Waals surface area (Å²) >= 11 is 0. The van der Waals surface area contributed by atoms with Crippen molar-refractivity contribution in [3.63, 3.8) is 0 Å². The van der Waals surface area contributed by atoms with Crippen LogP contribution in [0, 0.1) is 0 Å². The van der Waals surface area contributed by atoms with E-state index >= 15 is 0 Å². The van der Waals surface area contributed by atoms with Gasteiger partial charge in [-0.2, -0.15) is 0 Å². The summed E-state index contributed by atoms with van der Waals surface area (Å²) in [5.74, 6) is 0.940. The number of nitrogens with one attached hydrogen (secondary N) is 1. The molecule has 142 valence electrons. The Kier molecular flexibility index (Phi) is 5.12. The first-order valence-corrected chi connectivity index (χ1v) is 9.84. The van der Waals surface area contributed by atoms with Crippen LogP contribution in [0.25, 0.3) is 0 Å². The highest BCUT2D eigenvalue weighted by molar-refractivity contribution is 5.94. The number of carbonyl (C=O) groups excluding carboxylic acids is 1. The third kappa shape index (κ3) is 4.14.